The molecule has 4 rings (SSSR count). The van der Waals surface area contributed by atoms with E-state index in [4.69, 9.17) is 4.74 Å². The Morgan fingerprint density at radius 3 is 2.88 bits per heavy atom. The molecule has 1 unspecified atom stereocenters. The van der Waals surface area contributed by atoms with Crippen molar-refractivity contribution < 1.29 is 9.53 Å². The Hall–Kier alpha value is -2.37. The zero-order valence-electron chi connectivity index (χ0n) is 15.3. The normalized spacial score (nSPS) is 20.2. The van der Waals surface area contributed by atoms with Crippen LogP contribution in [0.4, 0.5) is 0 Å². The Labute approximate surface area is 154 Å². The molecule has 2 heterocycles. The van der Waals surface area contributed by atoms with Crippen LogP contribution in [0.1, 0.15) is 61.3 Å². The topological polar surface area (TPSA) is 60.2 Å². The fourth-order valence-corrected chi connectivity index (χ4v) is 3.76. The van der Waals surface area contributed by atoms with Gasteiger partial charge < -0.3 is 14.2 Å². The van der Waals surface area contributed by atoms with Crippen molar-refractivity contribution in [3.8, 4) is 5.75 Å². The summed E-state index contributed by atoms with van der Waals surface area (Å²) in [7, 11) is 0. The van der Waals surface area contributed by atoms with Crippen molar-refractivity contribution in [3.63, 3.8) is 0 Å². The van der Waals surface area contributed by atoms with Crippen LogP contribution >= 0.6 is 0 Å². The third-order valence-corrected chi connectivity index (χ3v) is 5.28. The summed E-state index contributed by atoms with van der Waals surface area (Å²) in [6.45, 7) is 4.20. The third kappa shape index (κ3) is 3.45. The van der Waals surface area contributed by atoms with E-state index in [1.54, 1.807) is 0 Å². The summed E-state index contributed by atoms with van der Waals surface area (Å²) >= 11 is 0. The number of piperidine rings is 1. The summed E-state index contributed by atoms with van der Waals surface area (Å²) in [6, 6.07) is 7.51. The van der Waals surface area contributed by atoms with Crippen LogP contribution in [0.5, 0.6) is 5.75 Å². The first-order valence-electron chi connectivity index (χ1n) is 9.68. The molecule has 0 radical (unpaired) electrons. The molecule has 0 bridgehead atoms. The van der Waals surface area contributed by atoms with Crippen LogP contribution in [0.15, 0.2) is 30.6 Å². The predicted octanol–water partition coefficient (Wildman–Crippen LogP) is 3.45. The number of nitrogens with zero attached hydrogens (tertiary/aromatic N) is 4. The highest BCUT2D eigenvalue weighted by atomic mass is 16.5. The van der Waals surface area contributed by atoms with Crippen LogP contribution in [0.3, 0.4) is 0 Å². The zero-order chi connectivity index (χ0) is 17.9. The van der Waals surface area contributed by atoms with Crippen molar-refractivity contribution in [1.29, 1.82) is 0 Å². The van der Waals surface area contributed by atoms with E-state index in [2.05, 4.69) is 14.8 Å². The fraction of sp³-hybridized carbons (Fsp3) is 0.550. The van der Waals surface area contributed by atoms with Gasteiger partial charge in [-0.05, 0) is 57.1 Å². The Balaban J connectivity index is 1.61. The van der Waals surface area contributed by atoms with Crippen LogP contribution < -0.4 is 4.74 Å². The maximum atomic E-state index is 13.3. The number of ether oxygens (including phenoxy) is 1. The largest absolute Gasteiger partial charge is 0.493 e. The summed E-state index contributed by atoms with van der Waals surface area (Å²) in [5.74, 6) is 2.36. The summed E-state index contributed by atoms with van der Waals surface area (Å²) < 4.78 is 7.83. The van der Waals surface area contributed by atoms with E-state index in [1.807, 2.05) is 42.4 Å². The van der Waals surface area contributed by atoms with Gasteiger partial charge in [-0.3, -0.25) is 4.79 Å². The van der Waals surface area contributed by atoms with E-state index < -0.39 is 0 Å². The van der Waals surface area contributed by atoms with Crippen molar-refractivity contribution in [2.24, 2.45) is 5.92 Å². The number of rotatable bonds is 6. The van der Waals surface area contributed by atoms with Gasteiger partial charge in [0.15, 0.2) is 5.82 Å². The average molecular weight is 354 g/mol. The Bertz CT molecular complexity index is 769. The lowest BCUT2D eigenvalue weighted by atomic mass is 9.99. The minimum Gasteiger partial charge on any atom is -0.493 e. The molecule has 1 aliphatic heterocycles. The van der Waals surface area contributed by atoms with E-state index in [0.29, 0.717) is 17.9 Å². The van der Waals surface area contributed by atoms with Gasteiger partial charge >= 0.3 is 0 Å². The number of carbonyl (C=O) groups is 1. The van der Waals surface area contributed by atoms with Gasteiger partial charge in [-0.1, -0.05) is 12.1 Å². The van der Waals surface area contributed by atoms with Crippen LogP contribution in [0.25, 0.3) is 0 Å². The second-order valence-corrected chi connectivity index (χ2v) is 7.22. The lowest BCUT2D eigenvalue weighted by Crippen LogP contribution is -2.40. The summed E-state index contributed by atoms with van der Waals surface area (Å²) in [4.78, 5) is 15.3. The minimum atomic E-state index is -0.00724. The molecular formula is C20H26N4O2. The van der Waals surface area contributed by atoms with Crippen molar-refractivity contribution in [1.82, 2.24) is 19.7 Å². The number of hydrogen-bond acceptors (Lipinski definition) is 4. The monoisotopic (exact) mass is 354 g/mol. The Morgan fingerprint density at radius 2 is 2.08 bits per heavy atom. The van der Waals surface area contributed by atoms with E-state index in [0.717, 1.165) is 44.1 Å². The SMILES string of the molecule is CCOc1ccccc1C(=O)N1CCCCC1c1nncn1CC1CC1. The van der Waals surface area contributed by atoms with E-state index in [9.17, 15) is 4.79 Å². The molecule has 2 aromatic rings. The standard InChI is InChI=1S/C20H26N4O2/c1-2-26-18-9-4-3-7-16(18)20(25)24-12-6-5-8-17(24)19-22-21-14-23(19)13-15-10-11-15/h3-4,7,9,14-15,17H,2,5-6,8,10-13H2,1H3. The van der Waals surface area contributed by atoms with Gasteiger partial charge in [0, 0.05) is 13.1 Å². The zero-order valence-corrected chi connectivity index (χ0v) is 15.3. The van der Waals surface area contributed by atoms with Gasteiger partial charge in [-0.25, -0.2) is 0 Å². The highest BCUT2D eigenvalue weighted by Crippen LogP contribution is 2.35. The number of aromatic nitrogens is 3. The number of carbonyl (C=O) groups excluding carboxylic acids is 1. The number of likely N-dealkylation sites (tertiary alicyclic amines) is 1. The van der Waals surface area contributed by atoms with Gasteiger partial charge in [0.05, 0.1) is 18.2 Å². The fourth-order valence-electron chi connectivity index (χ4n) is 3.76. The summed E-state index contributed by atoms with van der Waals surface area (Å²) in [5.41, 5.74) is 0.634. The molecule has 0 N–H and O–H groups in total. The highest BCUT2D eigenvalue weighted by molar-refractivity contribution is 5.97. The molecule has 1 saturated heterocycles. The van der Waals surface area contributed by atoms with Crippen LogP contribution in [0, 0.1) is 5.92 Å². The molecule has 1 aliphatic carbocycles. The van der Waals surface area contributed by atoms with Crippen LogP contribution in [-0.4, -0.2) is 38.7 Å². The maximum Gasteiger partial charge on any atom is 0.258 e. The maximum absolute atomic E-state index is 13.3. The van der Waals surface area contributed by atoms with Gasteiger partial charge in [0.2, 0.25) is 0 Å². The molecule has 0 spiro atoms. The number of amides is 1. The first-order chi connectivity index (χ1) is 12.8. The average Bonchev–Trinajstić information content (AvgIpc) is 3.37. The van der Waals surface area contributed by atoms with Crippen molar-refractivity contribution >= 4 is 5.91 Å². The lowest BCUT2D eigenvalue weighted by Gasteiger charge is -2.35. The Kier molecular flexibility index (Phi) is 4.91. The van der Waals surface area contributed by atoms with Gasteiger partial charge in [-0.2, -0.15) is 0 Å². The summed E-state index contributed by atoms with van der Waals surface area (Å²) in [5, 5.41) is 8.54. The number of hydrogen-bond donors (Lipinski definition) is 0. The van der Waals surface area contributed by atoms with E-state index in [1.165, 1.54) is 12.8 Å². The Morgan fingerprint density at radius 1 is 1.23 bits per heavy atom. The van der Waals surface area contributed by atoms with Gasteiger partial charge in [-0.15, -0.1) is 10.2 Å². The molecule has 6 nitrogen and oxygen atoms in total. The third-order valence-electron chi connectivity index (χ3n) is 5.28. The van der Waals surface area contributed by atoms with Crippen molar-refractivity contribution in [2.75, 3.05) is 13.2 Å². The van der Waals surface area contributed by atoms with Gasteiger partial charge in [0.1, 0.15) is 12.1 Å². The first-order valence-corrected chi connectivity index (χ1v) is 9.68. The van der Waals surface area contributed by atoms with E-state index >= 15 is 0 Å². The van der Waals surface area contributed by atoms with E-state index in [-0.39, 0.29) is 11.9 Å². The molecule has 26 heavy (non-hydrogen) atoms. The van der Waals surface area contributed by atoms with Crippen molar-refractivity contribution in [2.45, 2.75) is 51.6 Å². The molecule has 2 fully saturated rings. The molecule has 138 valence electrons. The second kappa shape index (κ2) is 7.48. The molecule has 1 amide bonds. The highest BCUT2D eigenvalue weighted by Gasteiger charge is 2.34. The molecule has 1 atom stereocenters. The van der Waals surface area contributed by atoms with Crippen LogP contribution in [-0.2, 0) is 6.54 Å². The smallest absolute Gasteiger partial charge is 0.258 e. The molecule has 2 aliphatic rings. The van der Waals surface area contributed by atoms with Gasteiger partial charge in [0.25, 0.3) is 5.91 Å². The number of para-hydroxylation sites is 1. The molecule has 6 heteroatoms. The molecule has 1 saturated carbocycles. The van der Waals surface area contributed by atoms with Crippen LogP contribution in [0.2, 0.25) is 0 Å². The molecular weight excluding hydrogens is 328 g/mol. The minimum absolute atomic E-state index is 0.00724. The number of benzene rings is 1. The molecule has 1 aromatic carbocycles. The second-order valence-electron chi connectivity index (χ2n) is 7.22. The predicted molar refractivity (Wildman–Crippen MR) is 98.0 cm³/mol. The molecule has 1 aromatic heterocycles. The lowest BCUT2D eigenvalue weighted by molar-refractivity contribution is 0.0590. The summed E-state index contributed by atoms with van der Waals surface area (Å²) in [6.07, 6.45) is 7.46. The van der Waals surface area contributed by atoms with Crippen molar-refractivity contribution in [3.05, 3.63) is 42.0 Å². The first kappa shape index (κ1) is 17.1. The quantitative estimate of drug-likeness (QED) is 0.797.